The lowest BCUT2D eigenvalue weighted by atomic mass is 9.99. The van der Waals surface area contributed by atoms with Gasteiger partial charge in [0.25, 0.3) is 0 Å². The van der Waals surface area contributed by atoms with Gasteiger partial charge in [-0.1, -0.05) is 50.1 Å². The maximum Gasteiger partial charge on any atom is 0.0453 e. The summed E-state index contributed by atoms with van der Waals surface area (Å²) in [4.78, 5) is 0. The van der Waals surface area contributed by atoms with Gasteiger partial charge in [-0.25, -0.2) is 0 Å². The number of hydrogen-bond donors (Lipinski definition) is 1. The third-order valence-corrected chi connectivity index (χ3v) is 3.70. The highest BCUT2D eigenvalue weighted by molar-refractivity contribution is 6.31. The summed E-state index contributed by atoms with van der Waals surface area (Å²) in [6.07, 6.45) is 2.46. The van der Waals surface area contributed by atoms with Crippen molar-refractivity contribution in [2.45, 2.75) is 52.6 Å². The Balaban J connectivity index is 2.54. The van der Waals surface area contributed by atoms with E-state index in [0.717, 1.165) is 10.9 Å². The molecule has 0 aliphatic rings. The highest BCUT2D eigenvalue weighted by atomic mass is 35.5. The SMILES string of the molecule is CCC(C)CC(C)NC(C)c1ccccc1Cl. The van der Waals surface area contributed by atoms with Gasteiger partial charge in [-0.05, 0) is 37.8 Å². The van der Waals surface area contributed by atoms with Crippen LogP contribution in [0.4, 0.5) is 0 Å². The fourth-order valence-corrected chi connectivity index (χ4v) is 2.48. The fraction of sp³-hybridized carbons (Fsp3) is 0.600. The van der Waals surface area contributed by atoms with E-state index in [1.165, 1.54) is 18.4 Å². The van der Waals surface area contributed by atoms with Crippen LogP contribution in [0.5, 0.6) is 0 Å². The maximum atomic E-state index is 6.20. The Morgan fingerprint density at radius 2 is 1.82 bits per heavy atom. The number of halogens is 1. The van der Waals surface area contributed by atoms with Crippen molar-refractivity contribution in [3.63, 3.8) is 0 Å². The van der Waals surface area contributed by atoms with Crippen molar-refractivity contribution in [2.75, 3.05) is 0 Å². The first-order chi connectivity index (χ1) is 8.04. The normalized spacial score (nSPS) is 16.5. The molecule has 0 bridgehead atoms. The van der Waals surface area contributed by atoms with Crippen molar-refractivity contribution in [1.82, 2.24) is 5.32 Å². The van der Waals surface area contributed by atoms with Crippen LogP contribution >= 0.6 is 11.6 Å². The molecule has 96 valence electrons. The van der Waals surface area contributed by atoms with Gasteiger partial charge in [-0.15, -0.1) is 0 Å². The van der Waals surface area contributed by atoms with Crippen LogP contribution in [0, 0.1) is 5.92 Å². The van der Waals surface area contributed by atoms with Crippen LogP contribution in [-0.2, 0) is 0 Å². The van der Waals surface area contributed by atoms with Crippen molar-refractivity contribution < 1.29 is 0 Å². The summed E-state index contributed by atoms with van der Waals surface area (Å²) in [6, 6.07) is 8.89. The molecule has 1 rings (SSSR count). The van der Waals surface area contributed by atoms with Gasteiger partial charge < -0.3 is 5.32 Å². The number of nitrogens with one attached hydrogen (secondary N) is 1. The van der Waals surface area contributed by atoms with Crippen LogP contribution in [0.3, 0.4) is 0 Å². The van der Waals surface area contributed by atoms with E-state index in [0.29, 0.717) is 12.1 Å². The molecular formula is C15H24ClN. The molecule has 3 unspecified atom stereocenters. The van der Waals surface area contributed by atoms with E-state index in [4.69, 9.17) is 11.6 Å². The van der Waals surface area contributed by atoms with Gasteiger partial charge in [0.15, 0.2) is 0 Å². The minimum Gasteiger partial charge on any atom is -0.308 e. The summed E-state index contributed by atoms with van der Waals surface area (Å²) < 4.78 is 0. The molecule has 0 aliphatic carbocycles. The molecule has 0 heterocycles. The zero-order valence-corrected chi connectivity index (χ0v) is 12.1. The van der Waals surface area contributed by atoms with E-state index >= 15 is 0 Å². The molecule has 1 nitrogen and oxygen atoms in total. The van der Waals surface area contributed by atoms with Gasteiger partial charge in [0.2, 0.25) is 0 Å². The summed E-state index contributed by atoms with van der Waals surface area (Å²) in [5.74, 6) is 0.774. The maximum absolute atomic E-state index is 6.20. The van der Waals surface area contributed by atoms with Crippen LogP contribution in [0.15, 0.2) is 24.3 Å². The minimum absolute atomic E-state index is 0.308. The minimum atomic E-state index is 0.308. The predicted octanol–water partition coefficient (Wildman–Crippen LogP) is 4.82. The Hall–Kier alpha value is -0.530. The van der Waals surface area contributed by atoms with Crippen LogP contribution in [0.25, 0.3) is 0 Å². The van der Waals surface area contributed by atoms with Gasteiger partial charge >= 0.3 is 0 Å². The summed E-state index contributed by atoms with van der Waals surface area (Å²) >= 11 is 6.20. The van der Waals surface area contributed by atoms with Gasteiger partial charge in [0.1, 0.15) is 0 Å². The lowest BCUT2D eigenvalue weighted by Gasteiger charge is -2.23. The molecule has 0 radical (unpaired) electrons. The Morgan fingerprint density at radius 3 is 2.41 bits per heavy atom. The third-order valence-electron chi connectivity index (χ3n) is 3.36. The molecule has 17 heavy (non-hydrogen) atoms. The smallest absolute Gasteiger partial charge is 0.0453 e. The zero-order chi connectivity index (χ0) is 12.8. The Kier molecular flexibility index (Phi) is 6.01. The molecule has 0 saturated carbocycles. The molecule has 0 fully saturated rings. The topological polar surface area (TPSA) is 12.0 Å². The molecule has 1 aromatic carbocycles. The fourth-order valence-electron chi connectivity index (χ4n) is 2.18. The van der Waals surface area contributed by atoms with Gasteiger partial charge in [-0.3, -0.25) is 0 Å². The van der Waals surface area contributed by atoms with E-state index in [1.54, 1.807) is 0 Å². The first kappa shape index (κ1) is 14.5. The molecule has 1 N–H and O–H groups in total. The highest BCUT2D eigenvalue weighted by Gasteiger charge is 2.13. The highest BCUT2D eigenvalue weighted by Crippen LogP contribution is 2.23. The molecular weight excluding hydrogens is 230 g/mol. The van der Waals surface area contributed by atoms with Crippen LogP contribution in [-0.4, -0.2) is 6.04 Å². The summed E-state index contributed by atoms with van der Waals surface area (Å²) in [6.45, 7) is 8.97. The van der Waals surface area contributed by atoms with Gasteiger partial charge in [0, 0.05) is 17.1 Å². The third kappa shape index (κ3) is 4.69. The Morgan fingerprint density at radius 1 is 1.18 bits per heavy atom. The first-order valence-corrected chi connectivity index (χ1v) is 6.92. The number of hydrogen-bond acceptors (Lipinski definition) is 1. The van der Waals surface area contributed by atoms with Crippen molar-refractivity contribution in [3.05, 3.63) is 34.9 Å². The predicted molar refractivity (Wildman–Crippen MR) is 76.5 cm³/mol. The number of benzene rings is 1. The molecule has 0 aliphatic heterocycles. The molecule has 2 heteroatoms. The summed E-state index contributed by atoms with van der Waals surface area (Å²) in [5, 5.41) is 4.47. The van der Waals surface area contributed by atoms with E-state index in [-0.39, 0.29) is 0 Å². The molecule has 0 aromatic heterocycles. The number of rotatable bonds is 6. The quantitative estimate of drug-likeness (QED) is 0.767. The summed E-state index contributed by atoms with van der Waals surface area (Å²) in [5.41, 5.74) is 1.19. The molecule has 1 aromatic rings. The first-order valence-electron chi connectivity index (χ1n) is 6.55. The monoisotopic (exact) mass is 253 g/mol. The standard InChI is InChI=1S/C15H24ClN/c1-5-11(2)10-12(3)17-13(4)14-8-6-7-9-15(14)16/h6-9,11-13,17H,5,10H2,1-4H3. The molecule has 0 spiro atoms. The van der Waals surface area contributed by atoms with Crippen LogP contribution in [0.1, 0.15) is 52.1 Å². The van der Waals surface area contributed by atoms with Crippen LogP contribution in [0.2, 0.25) is 5.02 Å². The largest absolute Gasteiger partial charge is 0.308 e. The van der Waals surface area contributed by atoms with Gasteiger partial charge in [0.05, 0.1) is 0 Å². The Bertz CT molecular complexity index is 337. The second-order valence-electron chi connectivity index (χ2n) is 5.06. The van der Waals surface area contributed by atoms with E-state index in [2.05, 4.69) is 39.1 Å². The lowest BCUT2D eigenvalue weighted by molar-refractivity contribution is 0.385. The second-order valence-corrected chi connectivity index (χ2v) is 5.47. The average Bonchev–Trinajstić information content (AvgIpc) is 2.29. The molecule has 0 saturated heterocycles. The Labute approximate surface area is 111 Å². The zero-order valence-electron chi connectivity index (χ0n) is 11.3. The van der Waals surface area contributed by atoms with Crippen molar-refractivity contribution in [1.29, 1.82) is 0 Å². The van der Waals surface area contributed by atoms with Crippen molar-refractivity contribution in [2.24, 2.45) is 5.92 Å². The van der Waals surface area contributed by atoms with Crippen molar-refractivity contribution in [3.8, 4) is 0 Å². The van der Waals surface area contributed by atoms with Crippen LogP contribution < -0.4 is 5.32 Å². The lowest BCUT2D eigenvalue weighted by Crippen LogP contribution is -2.30. The van der Waals surface area contributed by atoms with Gasteiger partial charge in [-0.2, -0.15) is 0 Å². The van der Waals surface area contributed by atoms with E-state index in [9.17, 15) is 0 Å². The summed E-state index contributed by atoms with van der Waals surface area (Å²) in [7, 11) is 0. The van der Waals surface area contributed by atoms with E-state index in [1.807, 2.05) is 18.2 Å². The second kappa shape index (κ2) is 7.03. The van der Waals surface area contributed by atoms with Crippen molar-refractivity contribution >= 4 is 11.6 Å². The molecule has 0 amide bonds. The molecule has 3 atom stereocenters. The van der Waals surface area contributed by atoms with E-state index < -0.39 is 0 Å². The average molecular weight is 254 g/mol.